The Morgan fingerprint density at radius 2 is 1.96 bits per heavy atom. The van der Waals surface area contributed by atoms with Crippen molar-refractivity contribution in [3.63, 3.8) is 0 Å². The second-order valence-electron chi connectivity index (χ2n) is 6.01. The van der Waals surface area contributed by atoms with Crippen LogP contribution in [0.4, 0.5) is 5.69 Å². The predicted molar refractivity (Wildman–Crippen MR) is 107 cm³/mol. The van der Waals surface area contributed by atoms with E-state index in [-0.39, 0.29) is 11.7 Å². The van der Waals surface area contributed by atoms with Crippen LogP contribution >= 0.6 is 11.8 Å². The molecule has 0 saturated heterocycles. The summed E-state index contributed by atoms with van der Waals surface area (Å²) in [5.74, 6) is 0.0254. The molecule has 1 aromatic carbocycles. The summed E-state index contributed by atoms with van der Waals surface area (Å²) in [4.78, 5) is 21.1. The zero-order valence-corrected chi connectivity index (χ0v) is 15.9. The molecule has 0 unspecified atom stereocenters. The lowest BCUT2D eigenvalue weighted by Gasteiger charge is -2.09. The van der Waals surface area contributed by atoms with Gasteiger partial charge in [-0.25, -0.2) is 4.98 Å². The minimum atomic E-state index is -0.141. The smallest absolute Gasteiger partial charge is 0.234 e. The van der Waals surface area contributed by atoms with Crippen LogP contribution in [-0.4, -0.2) is 21.6 Å². The molecule has 1 amide bonds. The third kappa shape index (κ3) is 4.72. The molecular formula is C21H18N4OS. The number of amides is 1. The van der Waals surface area contributed by atoms with Crippen LogP contribution in [-0.2, 0) is 4.79 Å². The number of pyridine rings is 2. The zero-order valence-electron chi connectivity index (χ0n) is 15.1. The zero-order chi connectivity index (χ0) is 19.2. The fraction of sp³-hybridized carbons (Fsp3) is 0.143. The van der Waals surface area contributed by atoms with Gasteiger partial charge in [0.15, 0.2) is 0 Å². The van der Waals surface area contributed by atoms with Gasteiger partial charge in [-0.15, -0.1) is 0 Å². The maximum absolute atomic E-state index is 12.3. The summed E-state index contributed by atoms with van der Waals surface area (Å²) in [6.07, 6.45) is 1.69. The fourth-order valence-corrected chi connectivity index (χ4v) is 3.21. The molecule has 6 heteroatoms. The lowest BCUT2D eigenvalue weighted by atomic mass is 10.1. The van der Waals surface area contributed by atoms with Crippen molar-refractivity contribution in [2.75, 3.05) is 11.1 Å². The molecule has 0 saturated carbocycles. The standard InChI is InChI=1S/C21H18N4OS/c1-14-6-8-17(11-15(14)2)24-20(26)13-27-21-16(12-22)7-9-19(25-21)18-5-3-4-10-23-18/h3-11H,13H2,1-2H3,(H,24,26). The monoisotopic (exact) mass is 374 g/mol. The fourth-order valence-electron chi connectivity index (χ4n) is 2.44. The first-order chi connectivity index (χ1) is 13.1. The number of hydrogen-bond donors (Lipinski definition) is 1. The van der Waals surface area contributed by atoms with Gasteiger partial charge in [-0.1, -0.05) is 23.9 Å². The molecule has 0 spiro atoms. The number of nitrogens with zero attached hydrogens (tertiary/aromatic N) is 3. The van der Waals surface area contributed by atoms with E-state index in [4.69, 9.17) is 0 Å². The summed E-state index contributed by atoms with van der Waals surface area (Å²) in [6, 6.07) is 17.0. The van der Waals surface area contributed by atoms with Crippen LogP contribution in [0.1, 0.15) is 16.7 Å². The van der Waals surface area contributed by atoms with Crippen molar-refractivity contribution in [1.29, 1.82) is 5.26 Å². The lowest BCUT2D eigenvalue weighted by molar-refractivity contribution is -0.113. The molecule has 2 heterocycles. The molecular weight excluding hydrogens is 356 g/mol. The number of carbonyl (C=O) groups is 1. The topological polar surface area (TPSA) is 78.7 Å². The van der Waals surface area contributed by atoms with E-state index in [2.05, 4.69) is 21.4 Å². The van der Waals surface area contributed by atoms with Crippen molar-refractivity contribution in [2.45, 2.75) is 18.9 Å². The van der Waals surface area contributed by atoms with Crippen LogP contribution in [0, 0.1) is 25.2 Å². The first-order valence-electron chi connectivity index (χ1n) is 8.39. The second kappa shape index (κ2) is 8.47. The van der Waals surface area contributed by atoms with E-state index in [1.807, 2.05) is 50.2 Å². The Kier molecular flexibility index (Phi) is 5.84. The van der Waals surface area contributed by atoms with E-state index in [9.17, 15) is 10.1 Å². The lowest BCUT2D eigenvalue weighted by Crippen LogP contribution is -2.14. The summed E-state index contributed by atoms with van der Waals surface area (Å²) < 4.78 is 0. The van der Waals surface area contributed by atoms with Gasteiger partial charge in [-0.05, 0) is 61.4 Å². The first kappa shape index (κ1) is 18.6. The minimum absolute atomic E-state index is 0.141. The highest BCUT2D eigenvalue weighted by Crippen LogP contribution is 2.24. The van der Waals surface area contributed by atoms with Gasteiger partial charge in [0.1, 0.15) is 11.1 Å². The van der Waals surface area contributed by atoms with E-state index in [0.29, 0.717) is 16.3 Å². The van der Waals surface area contributed by atoms with Gasteiger partial charge in [-0.3, -0.25) is 9.78 Å². The van der Waals surface area contributed by atoms with Crippen LogP contribution in [0.25, 0.3) is 11.4 Å². The number of nitrogens with one attached hydrogen (secondary N) is 1. The minimum Gasteiger partial charge on any atom is -0.325 e. The summed E-state index contributed by atoms with van der Waals surface area (Å²) >= 11 is 1.24. The van der Waals surface area contributed by atoms with Gasteiger partial charge in [-0.2, -0.15) is 5.26 Å². The van der Waals surface area contributed by atoms with Crippen LogP contribution in [0.3, 0.4) is 0 Å². The Labute approximate surface area is 162 Å². The largest absolute Gasteiger partial charge is 0.325 e. The summed E-state index contributed by atoms with van der Waals surface area (Å²) in [7, 11) is 0. The third-order valence-electron chi connectivity index (χ3n) is 4.04. The molecule has 3 rings (SSSR count). The Balaban J connectivity index is 1.72. The quantitative estimate of drug-likeness (QED) is 0.671. The Bertz CT molecular complexity index is 1010. The van der Waals surface area contributed by atoms with Crippen molar-refractivity contribution in [2.24, 2.45) is 0 Å². The molecule has 0 radical (unpaired) electrons. The number of anilines is 1. The number of rotatable bonds is 5. The highest BCUT2D eigenvalue weighted by Gasteiger charge is 2.11. The summed E-state index contributed by atoms with van der Waals surface area (Å²) in [5.41, 5.74) is 4.90. The molecule has 5 nitrogen and oxygen atoms in total. The first-order valence-corrected chi connectivity index (χ1v) is 9.38. The predicted octanol–water partition coefficient (Wildman–Crippen LogP) is 4.36. The molecule has 0 aliphatic rings. The van der Waals surface area contributed by atoms with Gasteiger partial charge >= 0.3 is 0 Å². The van der Waals surface area contributed by atoms with E-state index in [1.54, 1.807) is 18.3 Å². The molecule has 27 heavy (non-hydrogen) atoms. The summed E-state index contributed by atoms with van der Waals surface area (Å²) in [5, 5.41) is 12.7. The number of aromatic nitrogens is 2. The normalized spacial score (nSPS) is 10.3. The molecule has 2 aromatic heterocycles. The Morgan fingerprint density at radius 1 is 1.11 bits per heavy atom. The number of nitriles is 1. The molecule has 0 bridgehead atoms. The maximum atomic E-state index is 12.3. The highest BCUT2D eigenvalue weighted by atomic mass is 32.2. The molecule has 0 fully saturated rings. The van der Waals surface area contributed by atoms with Gasteiger partial charge < -0.3 is 5.32 Å². The van der Waals surface area contributed by atoms with Crippen molar-refractivity contribution in [1.82, 2.24) is 9.97 Å². The number of aryl methyl sites for hydroxylation is 2. The molecule has 0 aliphatic carbocycles. The van der Waals surface area contributed by atoms with Gasteiger partial charge in [0.05, 0.1) is 22.7 Å². The third-order valence-corrected chi connectivity index (χ3v) is 5.03. The molecule has 1 N–H and O–H groups in total. The van der Waals surface area contributed by atoms with Gasteiger partial charge in [0, 0.05) is 11.9 Å². The molecule has 0 aliphatic heterocycles. The van der Waals surface area contributed by atoms with E-state index < -0.39 is 0 Å². The summed E-state index contributed by atoms with van der Waals surface area (Å²) in [6.45, 7) is 4.03. The molecule has 134 valence electrons. The van der Waals surface area contributed by atoms with Gasteiger partial charge in [0.25, 0.3) is 0 Å². The molecule has 0 atom stereocenters. The van der Waals surface area contributed by atoms with Crippen LogP contribution < -0.4 is 5.32 Å². The average Bonchev–Trinajstić information content (AvgIpc) is 2.69. The Hall–Kier alpha value is -3.17. The number of thioether (sulfide) groups is 1. The van der Waals surface area contributed by atoms with Crippen molar-refractivity contribution in [3.8, 4) is 17.5 Å². The van der Waals surface area contributed by atoms with Crippen LogP contribution in [0.2, 0.25) is 0 Å². The van der Waals surface area contributed by atoms with Crippen molar-refractivity contribution in [3.05, 3.63) is 71.4 Å². The average molecular weight is 374 g/mol. The number of carbonyl (C=O) groups excluding carboxylic acids is 1. The van der Waals surface area contributed by atoms with Crippen molar-refractivity contribution >= 4 is 23.4 Å². The SMILES string of the molecule is Cc1ccc(NC(=O)CSc2nc(-c3ccccn3)ccc2C#N)cc1C. The second-order valence-corrected chi connectivity index (χ2v) is 6.98. The molecule has 3 aromatic rings. The number of hydrogen-bond acceptors (Lipinski definition) is 5. The van der Waals surface area contributed by atoms with Crippen LogP contribution in [0.15, 0.2) is 59.8 Å². The van der Waals surface area contributed by atoms with E-state index >= 15 is 0 Å². The van der Waals surface area contributed by atoms with E-state index in [0.717, 1.165) is 16.9 Å². The van der Waals surface area contributed by atoms with Crippen LogP contribution in [0.5, 0.6) is 0 Å². The maximum Gasteiger partial charge on any atom is 0.234 e. The van der Waals surface area contributed by atoms with Gasteiger partial charge in [0.2, 0.25) is 5.91 Å². The number of benzene rings is 1. The highest BCUT2D eigenvalue weighted by molar-refractivity contribution is 8.00. The Morgan fingerprint density at radius 3 is 2.67 bits per heavy atom. The van der Waals surface area contributed by atoms with E-state index in [1.165, 1.54) is 17.3 Å². The van der Waals surface area contributed by atoms with Crippen molar-refractivity contribution < 1.29 is 4.79 Å².